The van der Waals surface area contributed by atoms with Crippen LogP contribution in [0, 0.1) is 5.92 Å². The molecule has 0 aromatic heterocycles. The van der Waals surface area contributed by atoms with E-state index in [0.717, 1.165) is 37.2 Å². The van der Waals surface area contributed by atoms with Crippen molar-refractivity contribution in [1.82, 2.24) is 9.80 Å². The van der Waals surface area contributed by atoms with Crippen LogP contribution in [0.1, 0.15) is 38.2 Å². The summed E-state index contributed by atoms with van der Waals surface area (Å²) in [5.74, 6) is 0.731. The zero-order valence-corrected chi connectivity index (χ0v) is 16.1. The standard InChI is InChI=1S/C20H31ClN2O/c1-4-16-15-20(22(2)3,17-5-7-18(21)8-6-17)10-9-19(16)23-11-13-24-14-12-23/h5-8,16,19H,4,9-15H2,1-3H3. The van der Waals surface area contributed by atoms with E-state index < -0.39 is 0 Å². The number of ether oxygens (including phenoxy) is 1. The monoisotopic (exact) mass is 350 g/mol. The minimum atomic E-state index is 0.133. The molecule has 2 fully saturated rings. The summed E-state index contributed by atoms with van der Waals surface area (Å²) in [6.07, 6.45) is 4.94. The Morgan fingerprint density at radius 2 is 1.88 bits per heavy atom. The molecule has 1 aromatic rings. The average Bonchev–Trinajstić information content (AvgIpc) is 2.62. The van der Waals surface area contributed by atoms with E-state index in [0.29, 0.717) is 6.04 Å². The number of rotatable bonds is 4. The normalized spacial score (nSPS) is 32.2. The minimum Gasteiger partial charge on any atom is -0.379 e. The minimum absolute atomic E-state index is 0.133. The van der Waals surface area contributed by atoms with Crippen molar-refractivity contribution in [2.75, 3.05) is 40.4 Å². The van der Waals surface area contributed by atoms with Crippen molar-refractivity contribution in [3.05, 3.63) is 34.9 Å². The van der Waals surface area contributed by atoms with Gasteiger partial charge in [-0.05, 0) is 57.0 Å². The molecule has 1 heterocycles. The molecule has 4 heteroatoms. The maximum atomic E-state index is 6.12. The predicted octanol–water partition coefficient (Wildman–Crippen LogP) is 4.01. The maximum Gasteiger partial charge on any atom is 0.0594 e. The molecule has 0 radical (unpaired) electrons. The van der Waals surface area contributed by atoms with Crippen LogP contribution in [0.2, 0.25) is 5.02 Å². The van der Waals surface area contributed by atoms with Gasteiger partial charge in [0.25, 0.3) is 0 Å². The van der Waals surface area contributed by atoms with Crippen LogP contribution in [0.4, 0.5) is 0 Å². The second-order valence-corrected chi connectivity index (χ2v) is 8.00. The van der Waals surface area contributed by atoms with Gasteiger partial charge in [0.1, 0.15) is 0 Å². The molecule has 134 valence electrons. The molecule has 2 aliphatic rings. The van der Waals surface area contributed by atoms with Gasteiger partial charge in [-0.1, -0.05) is 37.1 Å². The Labute approximate surface area is 151 Å². The first-order valence-electron chi connectivity index (χ1n) is 9.32. The van der Waals surface area contributed by atoms with Crippen LogP contribution in [0.5, 0.6) is 0 Å². The highest BCUT2D eigenvalue weighted by Crippen LogP contribution is 2.46. The zero-order valence-electron chi connectivity index (χ0n) is 15.3. The summed E-state index contributed by atoms with van der Waals surface area (Å²) in [5, 5.41) is 0.821. The van der Waals surface area contributed by atoms with E-state index in [4.69, 9.17) is 16.3 Å². The van der Waals surface area contributed by atoms with Crippen LogP contribution in [-0.2, 0) is 10.3 Å². The molecule has 3 atom stereocenters. The van der Waals surface area contributed by atoms with Crippen molar-refractivity contribution in [3.8, 4) is 0 Å². The smallest absolute Gasteiger partial charge is 0.0594 e. The second kappa shape index (κ2) is 7.74. The van der Waals surface area contributed by atoms with Gasteiger partial charge in [0, 0.05) is 29.7 Å². The fourth-order valence-electron chi connectivity index (χ4n) is 4.79. The van der Waals surface area contributed by atoms with E-state index in [1.165, 1.54) is 31.2 Å². The van der Waals surface area contributed by atoms with E-state index in [2.05, 4.69) is 43.0 Å². The van der Waals surface area contributed by atoms with Gasteiger partial charge in [0.2, 0.25) is 0 Å². The third-order valence-electron chi connectivity index (χ3n) is 6.27. The first-order valence-corrected chi connectivity index (χ1v) is 9.70. The lowest BCUT2D eigenvalue weighted by Gasteiger charge is -2.52. The first-order chi connectivity index (χ1) is 11.6. The zero-order chi connectivity index (χ0) is 17.2. The molecular weight excluding hydrogens is 320 g/mol. The molecule has 0 N–H and O–H groups in total. The number of halogens is 1. The molecule has 3 rings (SSSR count). The van der Waals surface area contributed by atoms with Gasteiger partial charge < -0.3 is 4.74 Å². The first kappa shape index (κ1) is 18.2. The molecule has 1 aliphatic carbocycles. The Hall–Kier alpha value is -0.610. The van der Waals surface area contributed by atoms with Crippen molar-refractivity contribution < 1.29 is 4.74 Å². The molecule has 24 heavy (non-hydrogen) atoms. The SMILES string of the molecule is CCC1CC(c2ccc(Cl)cc2)(N(C)C)CCC1N1CCOCC1. The highest BCUT2D eigenvalue weighted by atomic mass is 35.5. The quantitative estimate of drug-likeness (QED) is 0.816. The molecular formula is C20H31ClN2O. The molecule has 1 saturated carbocycles. The molecule has 0 amide bonds. The van der Waals surface area contributed by atoms with Crippen molar-refractivity contribution in [2.45, 2.75) is 44.2 Å². The molecule has 1 saturated heterocycles. The lowest BCUT2D eigenvalue weighted by Crippen LogP contribution is -2.54. The van der Waals surface area contributed by atoms with Gasteiger partial charge in [-0.25, -0.2) is 0 Å². The highest BCUT2D eigenvalue weighted by molar-refractivity contribution is 6.30. The molecule has 0 bridgehead atoms. The van der Waals surface area contributed by atoms with Gasteiger partial charge in [-0.2, -0.15) is 0 Å². The van der Waals surface area contributed by atoms with E-state index >= 15 is 0 Å². The fraction of sp³-hybridized carbons (Fsp3) is 0.700. The van der Waals surface area contributed by atoms with Crippen LogP contribution in [0.3, 0.4) is 0 Å². The van der Waals surface area contributed by atoms with Crippen molar-refractivity contribution in [1.29, 1.82) is 0 Å². The Morgan fingerprint density at radius 3 is 2.46 bits per heavy atom. The molecule has 3 unspecified atom stereocenters. The predicted molar refractivity (Wildman–Crippen MR) is 101 cm³/mol. The van der Waals surface area contributed by atoms with E-state index in [1.54, 1.807) is 0 Å². The van der Waals surface area contributed by atoms with Crippen molar-refractivity contribution in [3.63, 3.8) is 0 Å². The Balaban J connectivity index is 1.84. The van der Waals surface area contributed by atoms with Gasteiger partial charge in [-0.15, -0.1) is 0 Å². The number of hydrogen-bond acceptors (Lipinski definition) is 3. The van der Waals surface area contributed by atoms with Crippen LogP contribution >= 0.6 is 11.6 Å². The largest absolute Gasteiger partial charge is 0.379 e. The van der Waals surface area contributed by atoms with Crippen LogP contribution in [0.25, 0.3) is 0 Å². The Bertz CT molecular complexity index is 527. The number of benzene rings is 1. The summed E-state index contributed by atoms with van der Waals surface area (Å²) >= 11 is 6.12. The summed E-state index contributed by atoms with van der Waals surface area (Å²) in [7, 11) is 4.47. The van der Waals surface area contributed by atoms with Crippen LogP contribution < -0.4 is 0 Å². The van der Waals surface area contributed by atoms with E-state index in [1.807, 2.05) is 12.1 Å². The highest BCUT2D eigenvalue weighted by Gasteiger charge is 2.44. The number of hydrogen-bond donors (Lipinski definition) is 0. The molecule has 3 nitrogen and oxygen atoms in total. The summed E-state index contributed by atoms with van der Waals surface area (Å²) in [4.78, 5) is 5.12. The lowest BCUT2D eigenvalue weighted by molar-refractivity contribution is -0.0372. The van der Waals surface area contributed by atoms with Crippen LogP contribution in [-0.4, -0.2) is 56.2 Å². The van der Waals surface area contributed by atoms with Gasteiger partial charge in [-0.3, -0.25) is 9.80 Å². The molecule has 1 aliphatic heterocycles. The Kier molecular flexibility index (Phi) is 5.86. The van der Waals surface area contributed by atoms with Gasteiger partial charge in [0.15, 0.2) is 0 Å². The van der Waals surface area contributed by atoms with Crippen molar-refractivity contribution in [2.24, 2.45) is 5.92 Å². The third-order valence-corrected chi connectivity index (χ3v) is 6.53. The van der Waals surface area contributed by atoms with Crippen LogP contribution in [0.15, 0.2) is 24.3 Å². The molecule has 1 aromatic carbocycles. The van der Waals surface area contributed by atoms with Crippen molar-refractivity contribution >= 4 is 11.6 Å². The summed E-state index contributed by atoms with van der Waals surface area (Å²) in [5.41, 5.74) is 1.55. The van der Waals surface area contributed by atoms with Gasteiger partial charge >= 0.3 is 0 Å². The van der Waals surface area contributed by atoms with E-state index in [9.17, 15) is 0 Å². The summed E-state index contributed by atoms with van der Waals surface area (Å²) in [6.45, 7) is 6.33. The second-order valence-electron chi connectivity index (χ2n) is 7.56. The topological polar surface area (TPSA) is 15.7 Å². The Morgan fingerprint density at radius 1 is 1.21 bits per heavy atom. The summed E-state index contributed by atoms with van der Waals surface area (Å²) < 4.78 is 5.56. The molecule has 0 spiro atoms. The fourth-order valence-corrected chi connectivity index (χ4v) is 4.91. The lowest BCUT2D eigenvalue weighted by atomic mass is 9.68. The third kappa shape index (κ3) is 3.50. The average molecular weight is 351 g/mol. The number of morpholine rings is 1. The number of nitrogens with zero attached hydrogens (tertiary/aromatic N) is 2. The maximum absolute atomic E-state index is 6.12. The summed E-state index contributed by atoms with van der Waals surface area (Å²) in [6, 6.07) is 9.24. The van der Waals surface area contributed by atoms with E-state index in [-0.39, 0.29) is 5.54 Å². The van der Waals surface area contributed by atoms with Gasteiger partial charge in [0.05, 0.1) is 13.2 Å².